The van der Waals surface area contributed by atoms with E-state index in [2.05, 4.69) is 12.6 Å². The fourth-order valence-corrected chi connectivity index (χ4v) is 3.55. The third kappa shape index (κ3) is 2.74. The van der Waals surface area contributed by atoms with Crippen LogP contribution in [0.25, 0.3) is 0 Å². The lowest BCUT2D eigenvalue weighted by atomic mass is 9.98. The Labute approximate surface area is 102 Å². The Morgan fingerprint density at radius 2 is 2.25 bits per heavy atom. The number of unbranched alkanes of at least 4 members (excludes halogenated alkanes) is 1. The van der Waals surface area contributed by atoms with E-state index in [4.69, 9.17) is 0 Å². The Balaban J connectivity index is 1.97. The summed E-state index contributed by atoms with van der Waals surface area (Å²) in [5, 5.41) is 10.1. The third-order valence-electron chi connectivity index (χ3n) is 3.23. The van der Waals surface area contributed by atoms with Gasteiger partial charge in [-0.3, -0.25) is 0 Å². The maximum atomic E-state index is 10.1. The number of thiophene rings is 1. The summed E-state index contributed by atoms with van der Waals surface area (Å²) in [6.07, 6.45) is 9.64. The van der Waals surface area contributed by atoms with E-state index >= 15 is 0 Å². The summed E-state index contributed by atoms with van der Waals surface area (Å²) in [5.41, 5.74) is 1.49. The molecule has 16 heavy (non-hydrogen) atoms. The van der Waals surface area contributed by atoms with Gasteiger partial charge in [-0.05, 0) is 56.6 Å². The van der Waals surface area contributed by atoms with Gasteiger partial charge < -0.3 is 5.11 Å². The van der Waals surface area contributed by atoms with Crippen molar-refractivity contribution in [2.75, 3.05) is 0 Å². The van der Waals surface area contributed by atoms with E-state index in [1.54, 1.807) is 0 Å². The molecule has 0 fully saturated rings. The number of aliphatic hydroxyl groups excluding tert-OH is 1. The number of fused-ring (bicyclic) bond motifs is 1. The van der Waals surface area contributed by atoms with Crippen molar-refractivity contribution >= 4 is 11.3 Å². The van der Waals surface area contributed by atoms with Crippen molar-refractivity contribution in [2.45, 2.75) is 51.0 Å². The van der Waals surface area contributed by atoms with Crippen LogP contribution in [0.15, 0.2) is 18.7 Å². The van der Waals surface area contributed by atoms with Gasteiger partial charge in [0.05, 0.1) is 6.10 Å². The number of hydrogen-bond donors (Lipinski definition) is 1. The lowest BCUT2D eigenvalue weighted by Crippen LogP contribution is -1.96. The summed E-state index contributed by atoms with van der Waals surface area (Å²) in [7, 11) is 0. The van der Waals surface area contributed by atoms with Crippen LogP contribution >= 0.6 is 11.3 Å². The van der Waals surface area contributed by atoms with Crippen molar-refractivity contribution in [1.82, 2.24) is 0 Å². The zero-order valence-corrected chi connectivity index (χ0v) is 10.6. The van der Waals surface area contributed by atoms with Gasteiger partial charge in [-0.2, -0.15) is 0 Å². The summed E-state index contributed by atoms with van der Waals surface area (Å²) < 4.78 is 0. The molecule has 1 unspecified atom stereocenters. The number of aliphatic hydroxyl groups is 1. The molecule has 1 aromatic rings. The summed E-state index contributed by atoms with van der Waals surface area (Å²) in [4.78, 5) is 2.69. The molecule has 0 saturated carbocycles. The van der Waals surface area contributed by atoms with E-state index in [0.717, 1.165) is 19.3 Å². The molecule has 1 aliphatic rings. The first kappa shape index (κ1) is 11.9. The first-order chi connectivity index (χ1) is 7.81. The minimum atomic E-state index is -0.254. The van der Waals surface area contributed by atoms with Gasteiger partial charge in [0, 0.05) is 9.75 Å². The first-order valence-corrected chi connectivity index (χ1v) is 7.03. The van der Waals surface area contributed by atoms with Gasteiger partial charge in [0.25, 0.3) is 0 Å². The molecule has 0 aliphatic heterocycles. The van der Waals surface area contributed by atoms with Gasteiger partial charge >= 0.3 is 0 Å². The van der Waals surface area contributed by atoms with Crippen LogP contribution in [0.2, 0.25) is 0 Å². The van der Waals surface area contributed by atoms with E-state index in [9.17, 15) is 5.11 Å². The van der Waals surface area contributed by atoms with Crippen LogP contribution in [0.3, 0.4) is 0 Å². The number of rotatable bonds is 5. The van der Waals surface area contributed by atoms with E-state index in [0.29, 0.717) is 0 Å². The van der Waals surface area contributed by atoms with Crippen molar-refractivity contribution in [3.05, 3.63) is 34.0 Å². The van der Waals surface area contributed by atoms with E-state index < -0.39 is 0 Å². The summed E-state index contributed by atoms with van der Waals surface area (Å²) in [6.45, 7) is 3.70. The quantitative estimate of drug-likeness (QED) is 0.605. The number of hydrogen-bond acceptors (Lipinski definition) is 2. The Morgan fingerprint density at radius 1 is 1.44 bits per heavy atom. The molecule has 0 radical (unpaired) electrons. The molecule has 0 spiro atoms. The molecule has 1 aliphatic carbocycles. The fraction of sp³-hybridized carbons (Fsp3) is 0.571. The topological polar surface area (TPSA) is 20.2 Å². The van der Waals surface area contributed by atoms with E-state index in [1.807, 2.05) is 17.4 Å². The van der Waals surface area contributed by atoms with Gasteiger partial charge in [0.2, 0.25) is 0 Å². The minimum absolute atomic E-state index is 0.254. The maximum absolute atomic E-state index is 10.1. The monoisotopic (exact) mass is 236 g/mol. The minimum Gasteiger partial charge on any atom is -0.388 e. The van der Waals surface area contributed by atoms with Gasteiger partial charge in [0.15, 0.2) is 0 Å². The van der Waals surface area contributed by atoms with Gasteiger partial charge in [-0.1, -0.05) is 6.08 Å². The second-order valence-corrected chi connectivity index (χ2v) is 5.71. The molecule has 1 nitrogen and oxygen atoms in total. The Hall–Kier alpha value is -0.600. The molecule has 0 aromatic carbocycles. The normalized spacial score (nSPS) is 16.8. The van der Waals surface area contributed by atoms with E-state index in [1.165, 1.54) is 41.0 Å². The lowest BCUT2D eigenvalue weighted by molar-refractivity contribution is 0.168. The molecule has 1 heterocycles. The van der Waals surface area contributed by atoms with Crippen molar-refractivity contribution in [1.29, 1.82) is 0 Å². The summed E-state index contributed by atoms with van der Waals surface area (Å²) in [5.74, 6) is 0. The van der Waals surface area contributed by atoms with E-state index in [-0.39, 0.29) is 6.10 Å². The molecule has 88 valence electrons. The number of aryl methyl sites for hydroxylation is 2. The van der Waals surface area contributed by atoms with Gasteiger partial charge in [-0.15, -0.1) is 17.9 Å². The van der Waals surface area contributed by atoms with Crippen molar-refractivity contribution in [3.8, 4) is 0 Å². The zero-order valence-electron chi connectivity index (χ0n) is 9.74. The average molecular weight is 236 g/mol. The van der Waals surface area contributed by atoms with Crippen LogP contribution in [-0.4, -0.2) is 5.11 Å². The van der Waals surface area contributed by atoms with Crippen molar-refractivity contribution < 1.29 is 5.11 Å². The highest BCUT2D eigenvalue weighted by Gasteiger charge is 2.17. The molecule has 1 aromatic heterocycles. The smallest absolute Gasteiger partial charge is 0.0882 e. The second-order valence-electron chi connectivity index (χ2n) is 4.54. The predicted octanol–water partition coefficient (Wildman–Crippen LogP) is 4.02. The molecule has 1 N–H and O–H groups in total. The largest absolute Gasteiger partial charge is 0.388 e. The molecule has 0 bridgehead atoms. The standard InChI is InChI=1S/C14H20OS/c1-2-3-4-8-12(15)14-10-11-7-5-6-9-13(11)16-14/h2,10,12,15H,1,3-9H2. The molecular weight excluding hydrogens is 216 g/mol. The summed E-state index contributed by atoms with van der Waals surface area (Å²) >= 11 is 1.83. The Kier molecular flexibility index (Phi) is 4.19. The third-order valence-corrected chi connectivity index (χ3v) is 4.57. The van der Waals surface area contributed by atoms with Crippen LogP contribution in [0.1, 0.15) is 53.5 Å². The van der Waals surface area contributed by atoms with Crippen LogP contribution in [0.5, 0.6) is 0 Å². The van der Waals surface area contributed by atoms with Crippen molar-refractivity contribution in [3.63, 3.8) is 0 Å². The van der Waals surface area contributed by atoms with Crippen LogP contribution < -0.4 is 0 Å². The lowest BCUT2D eigenvalue weighted by Gasteiger charge is -2.08. The second kappa shape index (κ2) is 5.65. The van der Waals surface area contributed by atoms with Crippen LogP contribution in [0.4, 0.5) is 0 Å². The number of allylic oxidation sites excluding steroid dienone is 1. The fourth-order valence-electron chi connectivity index (χ4n) is 2.28. The van der Waals surface area contributed by atoms with Crippen LogP contribution in [-0.2, 0) is 12.8 Å². The SMILES string of the molecule is C=CCCCC(O)c1cc2c(s1)CCCC2. The zero-order chi connectivity index (χ0) is 11.4. The molecule has 2 heteroatoms. The predicted molar refractivity (Wildman–Crippen MR) is 70.0 cm³/mol. The van der Waals surface area contributed by atoms with Gasteiger partial charge in [-0.25, -0.2) is 0 Å². The molecule has 0 saturated heterocycles. The highest BCUT2D eigenvalue weighted by molar-refractivity contribution is 7.12. The highest BCUT2D eigenvalue weighted by atomic mass is 32.1. The Bertz CT molecular complexity index is 330. The maximum Gasteiger partial charge on any atom is 0.0882 e. The highest BCUT2D eigenvalue weighted by Crippen LogP contribution is 2.34. The molecule has 1 atom stereocenters. The van der Waals surface area contributed by atoms with Gasteiger partial charge in [0.1, 0.15) is 0 Å². The molecule has 0 amide bonds. The first-order valence-electron chi connectivity index (χ1n) is 6.21. The summed E-state index contributed by atoms with van der Waals surface area (Å²) in [6, 6.07) is 2.23. The molecular formula is C14H20OS. The Morgan fingerprint density at radius 3 is 3.00 bits per heavy atom. The van der Waals surface area contributed by atoms with Crippen molar-refractivity contribution in [2.24, 2.45) is 0 Å². The average Bonchev–Trinajstić information content (AvgIpc) is 2.73. The molecule has 2 rings (SSSR count). The van der Waals surface area contributed by atoms with Crippen LogP contribution in [0, 0.1) is 0 Å².